The molecule has 32 heavy (non-hydrogen) atoms. The number of carbonyl (C=O) groups excluding carboxylic acids is 3. The number of rotatable bonds is 8. The normalized spacial score (nSPS) is 21.8. The largest absolute Gasteiger partial charge is 0.337 e. The van der Waals surface area contributed by atoms with Gasteiger partial charge in [0.2, 0.25) is 11.8 Å². The van der Waals surface area contributed by atoms with E-state index >= 15 is 0 Å². The van der Waals surface area contributed by atoms with Gasteiger partial charge in [0.05, 0.1) is 13.1 Å². The number of hydrazine groups is 1. The van der Waals surface area contributed by atoms with E-state index in [1.165, 1.54) is 0 Å². The van der Waals surface area contributed by atoms with Crippen molar-refractivity contribution in [3.8, 4) is 0 Å². The van der Waals surface area contributed by atoms with Crippen LogP contribution in [0.3, 0.4) is 0 Å². The Morgan fingerprint density at radius 2 is 1.88 bits per heavy atom. The van der Waals surface area contributed by atoms with Gasteiger partial charge in [-0.15, -0.1) is 0 Å². The van der Waals surface area contributed by atoms with E-state index < -0.39 is 12.2 Å². The molecular formula is C24H37N5O3. The van der Waals surface area contributed by atoms with Gasteiger partial charge in [-0.2, -0.15) is 0 Å². The number of benzene rings is 1. The van der Waals surface area contributed by atoms with Gasteiger partial charge in [0.15, 0.2) is 0 Å². The predicted molar refractivity (Wildman–Crippen MR) is 123 cm³/mol. The lowest BCUT2D eigenvalue weighted by Crippen LogP contribution is -2.76. The Morgan fingerprint density at radius 1 is 1.16 bits per heavy atom. The van der Waals surface area contributed by atoms with Crippen molar-refractivity contribution in [2.24, 2.45) is 5.92 Å². The second-order valence-corrected chi connectivity index (χ2v) is 9.03. The molecule has 176 valence electrons. The van der Waals surface area contributed by atoms with Crippen LogP contribution in [0.25, 0.3) is 0 Å². The van der Waals surface area contributed by atoms with Crippen LogP contribution in [0, 0.1) is 5.92 Å². The summed E-state index contributed by atoms with van der Waals surface area (Å²) >= 11 is 0. The molecule has 2 aliphatic rings. The summed E-state index contributed by atoms with van der Waals surface area (Å²) in [6.07, 6.45) is 1.98. The van der Waals surface area contributed by atoms with Gasteiger partial charge in [-0.1, -0.05) is 64.4 Å². The quantitative estimate of drug-likeness (QED) is 0.670. The van der Waals surface area contributed by atoms with Crippen LogP contribution in [-0.2, 0) is 16.1 Å². The number of unbranched alkanes of at least 4 members (excludes halogenated alkanes) is 1. The van der Waals surface area contributed by atoms with Crippen LogP contribution in [0.5, 0.6) is 0 Å². The van der Waals surface area contributed by atoms with Gasteiger partial charge in [0, 0.05) is 19.6 Å². The first-order chi connectivity index (χ1) is 15.4. The Labute approximate surface area is 191 Å². The molecule has 0 aromatic heterocycles. The third kappa shape index (κ3) is 5.23. The number of fused-ring (bicyclic) bond motifs is 1. The molecule has 0 saturated carbocycles. The van der Waals surface area contributed by atoms with Crippen molar-refractivity contribution in [2.45, 2.75) is 65.7 Å². The molecule has 1 unspecified atom stereocenters. The zero-order valence-corrected chi connectivity index (χ0v) is 19.8. The number of nitrogens with zero attached hydrogens (tertiary/aromatic N) is 4. The van der Waals surface area contributed by atoms with E-state index in [4.69, 9.17) is 0 Å². The Bertz CT molecular complexity index is 800. The summed E-state index contributed by atoms with van der Waals surface area (Å²) in [5, 5.41) is 6.47. The first-order valence-corrected chi connectivity index (χ1v) is 11.8. The number of amides is 4. The smallest absolute Gasteiger partial charge is 0.334 e. The fourth-order valence-electron chi connectivity index (χ4n) is 4.54. The summed E-state index contributed by atoms with van der Waals surface area (Å²) in [6.45, 7) is 10.2. The molecule has 2 saturated heterocycles. The molecule has 0 radical (unpaired) electrons. The second-order valence-electron chi connectivity index (χ2n) is 9.03. The highest BCUT2D eigenvalue weighted by Gasteiger charge is 2.50. The van der Waals surface area contributed by atoms with E-state index in [0.29, 0.717) is 32.6 Å². The van der Waals surface area contributed by atoms with E-state index in [1.807, 2.05) is 42.2 Å². The fraction of sp³-hybridized carbons (Fsp3) is 0.625. The van der Waals surface area contributed by atoms with E-state index in [1.54, 1.807) is 14.9 Å². The van der Waals surface area contributed by atoms with Crippen molar-refractivity contribution in [2.75, 3.05) is 26.2 Å². The fourth-order valence-corrected chi connectivity index (χ4v) is 4.54. The maximum Gasteiger partial charge on any atom is 0.334 e. The summed E-state index contributed by atoms with van der Waals surface area (Å²) < 4.78 is 0. The summed E-state index contributed by atoms with van der Waals surface area (Å²) in [4.78, 5) is 43.4. The zero-order valence-electron chi connectivity index (χ0n) is 19.8. The van der Waals surface area contributed by atoms with E-state index in [0.717, 1.165) is 18.4 Å². The monoisotopic (exact) mass is 443 g/mol. The first-order valence-electron chi connectivity index (χ1n) is 11.8. The number of carbonyl (C=O) groups is 3. The standard InChI is InChI=1S/C24H37N5O3/c1-5-7-13-26-16-21-28(20(23(26)31)14-18(3)4)22(30)17-27(6-2)29(21)24(32)25-15-19-11-9-8-10-12-19/h8-12,18,20-21H,5-7,13-17H2,1-4H3,(H,25,32)/t20-,21?/m0/s1. The Balaban J connectivity index is 1.88. The van der Waals surface area contributed by atoms with Gasteiger partial charge in [-0.05, 0) is 24.3 Å². The first kappa shape index (κ1) is 24.0. The summed E-state index contributed by atoms with van der Waals surface area (Å²) in [6, 6.07) is 8.99. The average molecular weight is 444 g/mol. The number of piperazine rings is 1. The predicted octanol–water partition coefficient (Wildman–Crippen LogP) is 2.66. The van der Waals surface area contributed by atoms with Crippen molar-refractivity contribution < 1.29 is 14.4 Å². The third-order valence-electron chi connectivity index (χ3n) is 6.17. The molecule has 8 heteroatoms. The number of hydrogen-bond acceptors (Lipinski definition) is 4. The number of urea groups is 1. The van der Waals surface area contributed by atoms with Gasteiger partial charge >= 0.3 is 6.03 Å². The molecule has 4 amide bonds. The Kier molecular flexibility index (Phi) is 8.12. The highest BCUT2D eigenvalue weighted by molar-refractivity contribution is 5.91. The Hall–Kier alpha value is -2.61. The molecule has 0 bridgehead atoms. The topological polar surface area (TPSA) is 76.2 Å². The van der Waals surface area contributed by atoms with E-state index in [-0.39, 0.29) is 30.3 Å². The molecule has 0 aliphatic carbocycles. The van der Waals surface area contributed by atoms with Crippen molar-refractivity contribution in [3.05, 3.63) is 35.9 Å². The van der Waals surface area contributed by atoms with E-state index in [2.05, 4.69) is 26.1 Å². The summed E-state index contributed by atoms with van der Waals surface area (Å²) in [7, 11) is 0. The van der Waals surface area contributed by atoms with Crippen LogP contribution in [0.2, 0.25) is 0 Å². The molecule has 2 aliphatic heterocycles. The van der Waals surface area contributed by atoms with Crippen LogP contribution >= 0.6 is 0 Å². The van der Waals surface area contributed by atoms with Gasteiger partial charge in [-0.25, -0.2) is 14.8 Å². The minimum Gasteiger partial charge on any atom is -0.337 e. The Morgan fingerprint density at radius 3 is 2.50 bits per heavy atom. The van der Waals surface area contributed by atoms with Crippen molar-refractivity contribution in [1.82, 2.24) is 25.1 Å². The lowest BCUT2D eigenvalue weighted by molar-refractivity contribution is -0.190. The minimum absolute atomic E-state index is 0.00587. The summed E-state index contributed by atoms with van der Waals surface area (Å²) in [5.74, 6) is 0.178. The lowest BCUT2D eigenvalue weighted by atomic mass is 9.97. The molecule has 2 fully saturated rings. The molecule has 1 N–H and O–H groups in total. The van der Waals surface area contributed by atoms with Gasteiger partial charge in [0.25, 0.3) is 0 Å². The van der Waals surface area contributed by atoms with Crippen molar-refractivity contribution >= 4 is 17.8 Å². The molecule has 1 aromatic rings. The zero-order chi connectivity index (χ0) is 23.3. The van der Waals surface area contributed by atoms with Crippen LogP contribution in [0.4, 0.5) is 4.79 Å². The minimum atomic E-state index is -0.526. The van der Waals surface area contributed by atoms with Gasteiger partial charge in [-0.3, -0.25) is 9.59 Å². The lowest BCUT2D eigenvalue weighted by Gasteiger charge is -2.55. The van der Waals surface area contributed by atoms with Crippen LogP contribution < -0.4 is 5.32 Å². The molecule has 2 atom stereocenters. The molecule has 1 aromatic carbocycles. The van der Waals surface area contributed by atoms with Crippen molar-refractivity contribution in [3.63, 3.8) is 0 Å². The molecule has 0 spiro atoms. The SMILES string of the molecule is CCCCN1CC2N(C(=O)CN(CC)N2C(=O)NCc2ccccc2)[C@@H](CC(C)C)C1=O. The van der Waals surface area contributed by atoms with Crippen LogP contribution in [0.1, 0.15) is 52.5 Å². The third-order valence-corrected chi connectivity index (χ3v) is 6.17. The number of nitrogens with one attached hydrogen (secondary N) is 1. The number of hydrogen-bond donors (Lipinski definition) is 1. The van der Waals surface area contributed by atoms with Crippen LogP contribution in [-0.4, -0.2) is 76.0 Å². The molecule has 3 rings (SSSR count). The molecular weight excluding hydrogens is 406 g/mol. The van der Waals surface area contributed by atoms with Crippen molar-refractivity contribution in [1.29, 1.82) is 0 Å². The number of likely N-dealkylation sites (N-methyl/N-ethyl adjacent to an activating group) is 1. The molecule has 2 heterocycles. The maximum absolute atomic E-state index is 13.4. The van der Waals surface area contributed by atoms with E-state index in [9.17, 15) is 14.4 Å². The van der Waals surface area contributed by atoms with Crippen LogP contribution in [0.15, 0.2) is 30.3 Å². The highest BCUT2D eigenvalue weighted by atomic mass is 16.2. The second kappa shape index (κ2) is 10.8. The highest BCUT2D eigenvalue weighted by Crippen LogP contribution is 2.29. The van der Waals surface area contributed by atoms with Gasteiger partial charge in [0.1, 0.15) is 12.2 Å². The average Bonchev–Trinajstić information content (AvgIpc) is 2.78. The summed E-state index contributed by atoms with van der Waals surface area (Å²) in [5.41, 5.74) is 1.01. The molecule has 8 nitrogen and oxygen atoms in total. The maximum atomic E-state index is 13.4. The van der Waals surface area contributed by atoms with Gasteiger partial charge < -0.3 is 15.1 Å².